The Labute approximate surface area is 205 Å². The van der Waals surface area contributed by atoms with E-state index in [2.05, 4.69) is 16.0 Å². The molecule has 0 spiro atoms. The Kier molecular flexibility index (Phi) is 10.8. The Morgan fingerprint density at radius 1 is 1.09 bits per heavy atom. The van der Waals surface area contributed by atoms with Crippen LogP contribution in [0.2, 0.25) is 5.02 Å². The quantitative estimate of drug-likeness (QED) is 0.321. The number of rotatable bonds is 13. The molecule has 0 heterocycles. The number of ether oxygens (including phenoxy) is 1. The topological polar surface area (TPSA) is 117 Å². The van der Waals surface area contributed by atoms with Gasteiger partial charge in [0, 0.05) is 18.0 Å². The van der Waals surface area contributed by atoms with E-state index >= 15 is 0 Å². The highest BCUT2D eigenvalue weighted by molar-refractivity contribution is 6.31. The Morgan fingerprint density at radius 3 is 2.41 bits per heavy atom. The molecule has 0 aliphatic carbocycles. The molecule has 0 radical (unpaired) electrons. The molecule has 9 heteroatoms. The smallest absolute Gasteiger partial charge is 0.326 e. The summed E-state index contributed by atoms with van der Waals surface area (Å²) in [6, 6.07) is 11.8. The van der Waals surface area contributed by atoms with Crippen molar-refractivity contribution in [2.75, 3.05) is 20.2 Å². The van der Waals surface area contributed by atoms with Crippen LogP contribution in [-0.2, 0) is 16.0 Å². The summed E-state index contributed by atoms with van der Waals surface area (Å²) in [6.07, 6.45) is 0.755. The number of hydrogen-bond donors (Lipinski definition) is 4. The Bertz CT molecular complexity index is 970. The molecule has 0 aromatic heterocycles. The number of nitrogens with one attached hydrogen (secondary N) is 3. The average molecular weight is 490 g/mol. The fourth-order valence-corrected chi connectivity index (χ4v) is 3.47. The molecule has 8 nitrogen and oxygen atoms in total. The van der Waals surface area contributed by atoms with Crippen molar-refractivity contribution in [3.05, 3.63) is 64.7 Å². The molecule has 2 rings (SSSR count). The minimum absolute atomic E-state index is 0.182. The minimum Gasteiger partial charge on any atom is -0.491 e. The highest BCUT2D eigenvalue weighted by atomic mass is 35.5. The molecule has 0 saturated heterocycles. The average Bonchev–Trinajstić information content (AvgIpc) is 2.82. The molecule has 0 fully saturated rings. The van der Waals surface area contributed by atoms with E-state index in [9.17, 15) is 19.5 Å². The normalized spacial score (nSPS) is 13.4. The summed E-state index contributed by atoms with van der Waals surface area (Å²) in [5, 5.41) is 18.2. The number of hydrogen-bond acceptors (Lipinski definition) is 5. The van der Waals surface area contributed by atoms with Crippen LogP contribution in [0.25, 0.3) is 0 Å². The molecule has 0 aliphatic rings. The fourth-order valence-electron chi connectivity index (χ4n) is 3.30. The third-order valence-electron chi connectivity index (χ3n) is 5.48. The van der Waals surface area contributed by atoms with Crippen LogP contribution in [0.4, 0.5) is 0 Å². The predicted octanol–water partition coefficient (Wildman–Crippen LogP) is 2.89. The van der Waals surface area contributed by atoms with Crippen molar-refractivity contribution < 1.29 is 24.2 Å². The first kappa shape index (κ1) is 27.1. The van der Waals surface area contributed by atoms with Crippen LogP contribution in [0.5, 0.6) is 5.75 Å². The van der Waals surface area contributed by atoms with Crippen molar-refractivity contribution in [3.63, 3.8) is 0 Å². The van der Waals surface area contributed by atoms with Crippen molar-refractivity contribution in [2.24, 2.45) is 5.92 Å². The summed E-state index contributed by atoms with van der Waals surface area (Å²) < 4.78 is 5.70. The molecular weight excluding hydrogens is 458 g/mol. The second-order valence-corrected chi connectivity index (χ2v) is 8.45. The van der Waals surface area contributed by atoms with Gasteiger partial charge in [0.1, 0.15) is 24.4 Å². The maximum absolute atomic E-state index is 13.2. The van der Waals surface area contributed by atoms with Gasteiger partial charge in [0.05, 0.1) is 5.56 Å². The van der Waals surface area contributed by atoms with Crippen LogP contribution in [0.1, 0.15) is 36.2 Å². The second kappa shape index (κ2) is 13.6. The Morgan fingerprint density at radius 2 is 1.79 bits per heavy atom. The van der Waals surface area contributed by atoms with Crippen LogP contribution in [0.15, 0.2) is 48.5 Å². The first-order valence-corrected chi connectivity index (χ1v) is 11.6. The van der Waals surface area contributed by atoms with Gasteiger partial charge in [0.15, 0.2) is 0 Å². The van der Waals surface area contributed by atoms with Crippen LogP contribution in [0.3, 0.4) is 0 Å². The number of carbonyl (C=O) groups is 3. The van der Waals surface area contributed by atoms with Gasteiger partial charge in [-0.25, -0.2) is 4.79 Å². The first-order chi connectivity index (χ1) is 16.3. The van der Waals surface area contributed by atoms with Crippen molar-refractivity contribution in [3.8, 4) is 5.75 Å². The number of benzene rings is 2. The van der Waals surface area contributed by atoms with E-state index in [0.29, 0.717) is 30.3 Å². The van der Waals surface area contributed by atoms with E-state index in [1.54, 1.807) is 26.1 Å². The molecule has 2 aromatic rings. The largest absolute Gasteiger partial charge is 0.491 e. The van der Waals surface area contributed by atoms with E-state index in [-0.39, 0.29) is 17.9 Å². The lowest BCUT2D eigenvalue weighted by Crippen LogP contribution is -2.54. The SMILES string of the molecule is CC[C@H](C)[C@H](NC(=O)[C@H](Cc1ccccc1)NC(=O)c1cc(Cl)ccc1OCCNC)C(=O)O. The van der Waals surface area contributed by atoms with Gasteiger partial charge in [0.25, 0.3) is 5.91 Å². The number of amides is 2. The molecule has 0 aliphatic heterocycles. The zero-order valence-corrected chi connectivity index (χ0v) is 20.4. The molecule has 0 bridgehead atoms. The molecule has 4 N–H and O–H groups in total. The predicted molar refractivity (Wildman–Crippen MR) is 131 cm³/mol. The molecule has 0 unspecified atom stereocenters. The number of carboxylic acid groups (broad SMARTS) is 1. The number of aliphatic carboxylic acids is 1. The minimum atomic E-state index is -1.12. The number of halogens is 1. The van der Waals surface area contributed by atoms with Crippen molar-refractivity contribution >= 4 is 29.4 Å². The zero-order chi connectivity index (χ0) is 25.1. The monoisotopic (exact) mass is 489 g/mol. The van der Waals surface area contributed by atoms with Gasteiger partial charge in [-0.2, -0.15) is 0 Å². The van der Waals surface area contributed by atoms with Crippen molar-refractivity contribution in [2.45, 2.75) is 38.8 Å². The van der Waals surface area contributed by atoms with Crippen molar-refractivity contribution in [1.29, 1.82) is 0 Å². The van der Waals surface area contributed by atoms with Gasteiger partial charge in [0.2, 0.25) is 5.91 Å². The van der Waals surface area contributed by atoms with Crippen LogP contribution in [0, 0.1) is 5.92 Å². The summed E-state index contributed by atoms with van der Waals surface area (Å²) in [4.78, 5) is 38.1. The second-order valence-electron chi connectivity index (χ2n) is 8.02. The van der Waals surface area contributed by atoms with Gasteiger partial charge in [-0.15, -0.1) is 0 Å². The zero-order valence-electron chi connectivity index (χ0n) is 19.6. The van der Waals surface area contributed by atoms with Gasteiger partial charge in [-0.1, -0.05) is 62.2 Å². The van der Waals surface area contributed by atoms with E-state index in [1.165, 1.54) is 6.07 Å². The summed E-state index contributed by atoms with van der Waals surface area (Å²) in [5.41, 5.74) is 1.00. The highest BCUT2D eigenvalue weighted by Crippen LogP contribution is 2.23. The van der Waals surface area contributed by atoms with Crippen LogP contribution in [-0.4, -0.2) is 55.2 Å². The van der Waals surface area contributed by atoms with Gasteiger partial charge >= 0.3 is 5.97 Å². The molecule has 2 aromatic carbocycles. The lowest BCUT2D eigenvalue weighted by atomic mass is 9.98. The lowest BCUT2D eigenvalue weighted by Gasteiger charge is -2.25. The molecule has 34 heavy (non-hydrogen) atoms. The van der Waals surface area contributed by atoms with E-state index in [4.69, 9.17) is 16.3 Å². The van der Waals surface area contributed by atoms with Gasteiger partial charge in [-0.3, -0.25) is 9.59 Å². The van der Waals surface area contributed by atoms with E-state index in [1.807, 2.05) is 37.3 Å². The summed E-state index contributed by atoms with van der Waals surface area (Å²) in [7, 11) is 1.79. The van der Waals surface area contributed by atoms with Crippen molar-refractivity contribution in [1.82, 2.24) is 16.0 Å². The Balaban J connectivity index is 2.29. The molecule has 3 atom stereocenters. The summed E-state index contributed by atoms with van der Waals surface area (Å²) in [6.45, 7) is 4.52. The fraction of sp³-hybridized carbons (Fsp3) is 0.400. The molecular formula is C25H32ClN3O5. The van der Waals surface area contributed by atoms with Gasteiger partial charge in [-0.05, 0) is 36.7 Å². The third-order valence-corrected chi connectivity index (χ3v) is 5.71. The summed E-state index contributed by atoms with van der Waals surface area (Å²) >= 11 is 6.11. The van der Waals surface area contributed by atoms with E-state index < -0.39 is 29.9 Å². The van der Waals surface area contributed by atoms with Gasteiger partial charge < -0.3 is 25.8 Å². The molecule has 184 valence electrons. The molecule has 2 amide bonds. The maximum atomic E-state index is 13.2. The Hall–Kier alpha value is -3.10. The van der Waals surface area contributed by atoms with Crippen LogP contribution < -0.4 is 20.7 Å². The number of likely N-dealkylation sites (N-methyl/N-ethyl adjacent to an activating group) is 1. The number of carboxylic acids is 1. The first-order valence-electron chi connectivity index (χ1n) is 11.2. The summed E-state index contributed by atoms with van der Waals surface area (Å²) in [5.74, 6) is -2.20. The van der Waals surface area contributed by atoms with E-state index in [0.717, 1.165) is 5.56 Å². The highest BCUT2D eigenvalue weighted by Gasteiger charge is 2.30. The third kappa shape index (κ3) is 8.04. The molecule has 0 saturated carbocycles. The standard InChI is InChI=1S/C25H32ClN3O5/c1-4-16(2)22(25(32)33)29-24(31)20(14-17-8-6-5-7-9-17)28-23(30)19-15-18(26)10-11-21(19)34-13-12-27-3/h5-11,15-16,20,22,27H,4,12-14H2,1-3H3,(H,28,30)(H,29,31)(H,32,33)/t16-,20-,22-/m0/s1. The van der Waals surface area contributed by atoms with Crippen LogP contribution >= 0.6 is 11.6 Å². The lowest BCUT2D eigenvalue weighted by molar-refractivity contribution is -0.143. The maximum Gasteiger partial charge on any atom is 0.326 e. The number of carbonyl (C=O) groups excluding carboxylic acids is 2.